The Bertz CT molecular complexity index is 2220. The number of aromatic nitrogens is 3. The summed E-state index contributed by atoms with van der Waals surface area (Å²) in [6.45, 7) is 0. The lowest BCUT2D eigenvalue weighted by molar-refractivity contribution is 0.620. The standard InChI is InChI=1S/C41H27N3O/c1-4-10-28(11-5-1)29-16-20-32(21-17-29)37-27-36(31-12-6-2-7-13-31)42-40(43-37)33-22-18-30(19-23-33)35-24-25-39-38(26-35)44-41(45-39)34-14-8-3-9-15-34/h1-27H. The molecule has 0 aliphatic rings. The van der Waals surface area contributed by atoms with Gasteiger partial charge in [0.1, 0.15) is 5.52 Å². The molecule has 0 saturated carbocycles. The van der Waals surface area contributed by atoms with Crippen LogP contribution in [0.1, 0.15) is 0 Å². The Balaban J connectivity index is 1.14. The summed E-state index contributed by atoms with van der Waals surface area (Å²) in [7, 11) is 0. The zero-order chi connectivity index (χ0) is 30.0. The van der Waals surface area contributed by atoms with Gasteiger partial charge in [0.25, 0.3) is 0 Å². The van der Waals surface area contributed by atoms with Gasteiger partial charge in [0.2, 0.25) is 5.89 Å². The molecule has 2 aromatic heterocycles. The average molecular weight is 578 g/mol. The molecule has 0 bridgehead atoms. The molecule has 0 saturated heterocycles. The van der Waals surface area contributed by atoms with Crippen LogP contribution < -0.4 is 0 Å². The summed E-state index contributed by atoms with van der Waals surface area (Å²) in [6, 6.07) is 55.8. The van der Waals surface area contributed by atoms with Gasteiger partial charge in [-0.15, -0.1) is 0 Å². The Kier molecular flexibility index (Phi) is 6.78. The van der Waals surface area contributed by atoms with Crippen molar-refractivity contribution < 1.29 is 4.42 Å². The molecule has 0 aliphatic heterocycles. The predicted molar refractivity (Wildman–Crippen MR) is 182 cm³/mol. The molecule has 4 nitrogen and oxygen atoms in total. The van der Waals surface area contributed by atoms with Crippen LogP contribution in [0.25, 0.3) is 78.7 Å². The SMILES string of the molecule is c1ccc(-c2ccc(-c3cc(-c4ccccc4)nc(-c4ccc(-c5ccc6oc(-c7ccccc7)nc6c5)cc4)n3)cc2)cc1. The maximum absolute atomic E-state index is 6.02. The zero-order valence-corrected chi connectivity index (χ0v) is 24.3. The number of rotatable bonds is 6. The third kappa shape index (κ3) is 5.41. The maximum atomic E-state index is 6.02. The van der Waals surface area contributed by atoms with E-state index >= 15 is 0 Å². The van der Waals surface area contributed by atoms with Gasteiger partial charge in [-0.1, -0.05) is 133 Å². The summed E-state index contributed by atoms with van der Waals surface area (Å²) in [5.41, 5.74) is 11.9. The minimum atomic E-state index is 0.624. The summed E-state index contributed by atoms with van der Waals surface area (Å²) in [5, 5.41) is 0. The van der Waals surface area contributed by atoms with Crippen molar-refractivity contribution in [2.24, 2.45) is 0 Å². The molecule has 4 heteroatoms. The van der Waals surface area contributed by atoms with Crippen LogP contribution in [0.15, 0.2) is 168 Å². The number of fused-ring (bicyclic) bond motifs is 1. The number of benzene rings is 6. The summed E-state index contributed by atoms with van der Waals surface area (Å²) in [5.74, 6) is 1.31. The molecule has 0 fully saturated rings. The van der Waals surface area contributed by atoms with Gasteiger partial charge in [0.05, 0.1) is 11.4 Å². The van der Waals surface area contributed by atoms with Crippen molar-refractivity contribution >= 4 is 11.1 Å². The number of nitrogens with zero attached hydrogens (tertiary/aromatic N) is 3. The van der Waals surface area contributed by atoms with Crippen molar-refractivity contribution in [1.29, 1.82) is 0 Å². The first-order valence-corrected chi connectivity index (χ1v) is 14.9. The molecule has 8 rings (SSSR count). The lowest BCUT2D eigenvalue weighted by atomic mass is 10.0. The highest BCUT2D eigenvalue weighted by Gasteiger charge is 2.13. The highest BCUT2D eigenvalue weighted by molar-refractivity contribution is 5.83. The summed E-state index contributed by atoms with van der Waals surface area (Å²) in [4.78, 5) is 14.8. The molecule has 0 atom stereocenters. The van der Waals surface area contributed by atoms with E-state index in [1.54, 1.807) is 0 Å². The molecule has 0 spiro atoms. The highest BCUT2D eigenvalue weighted by atomic mass is 16.3. The van der Waals surface area contributed by atoms with Crippen LogP contribution in [-0.4, -0.2) is 15.0 Å². The van der Waals surface area contributed by atoms with Gasteiger partial charge in [0, 0.05) is 22.3 Å². The van der Waals surface area contributed by atoms with E-state index < -0.39 is 0 Å². The van der Waals surface area contributed by atoms with E-state index in [0.29, 0.717) is 11.7 Å². The monoisotopic (exact) mass is 577 g/mol. The van der Waals surface area contributed by atoms with Crippen molar-refractivity contribution in [3.8, 4) is 67.6 Å². The van der Waals surface area contributed by atoms with Crippen molar-refractivity contribution in [2.45, 2.75) is 0 Å². The van der Waals surface area contributed by atoms with Crippen LogP contribution >= 0.6 is 0 Å². The minimum Gasteiger partial charge on any atom is -0.436 e. The van der Waals surface area contributed by atoms with E-state index in [0.717, 1.165) is 55.9 Å². The molecular formula is C41H27N3O. The summed E-state index contributed by atoms with van der Waals surface area (Å²) in [6.07, 6.45) is 0. The Labute approximate surface area is 261 Å². The number of hydrogen-bond donors (Lipinski definition) is 0. The van der Waals surface area contributed by atoms with Crippen LogP contribution in [0.2, 0.25) is 0 Å². The molecule has 0 unspecified atom stereocenters. The third-order valence-corrected chi connectivity index (χ3v) is 7.97. The van der Waals surface area contributed by atoms with Gasteiger partial charge in [-0.3, -0.25) is 0 Å². The highest BCUT2D eigenvalue weighted by Crippen LogP contribution is 2.32. The van der Waals surface area contributed by atoms with Crippen LogP contribution in [0.5, 0.6) is 0 Å². The summed E-state index contributed by atoms with van der Waals surface area (Å²) < 4.78 is 6.02. The zero-order valence-electron chi connectivity index (χ0n) is 24.3. The molecule has 45 heavy (non-hydrogen) atoms. The Morgan fingerprint density at radius 1 is 0.333 bits per heavy atom. The first-order chi connectivity index (χ1) is 22.3. The lowest BCUT2D eigenvalue weighted by Gasteiger charge is -2.11. The van der Waals surface area contributed by atoms with Gasteiger partial charge in [0.15, 0.2) is 11.4 Å². The van der Waals surface area contributed by atoms with Crippen LogP contribution in [-0.2, 0) is 0 Å². The normalized spacial score (nSPS) is 11.1. The van der Waals surface area contributed by atoms with E-state index in [1.807, 2.05) is 60.7 Å². The fourth-order valence-electron chi connectivity index (χ4n) is 5.57. The third-order valence-electron chi connectivity index (χ3n) is 7.97. The Hall–Kier alpha value is -6.13. The molecule has 0 N–H and O–H groups in total. The van der Waals surface area contributed by atoms with Gasteiger partial charge in [-0.25, -0.2) is 15.0 Å². The molecule has 2 heterocycles. The van der Waals surface area contributed by atoms with Crippen molar-refractivity contribution in [3.63, 3.8) is 0 Å². The Morgan fingerprint density at radius 2 is 0.778 bits per heavy atom. The van der Waals surface area contributed by atoms with E-state index in [2.05, 4.69) is 103 Å². The first kappa shape index (κ1) is 26.5. The lowest BCUT2D eigenvalue weighted by Crippen LogP contribution is -1.96. The molecule has 0 aliphatic carbocycles. The van der Waals surface area contributed by atoms with Gasteiger partial charge >= 0.3 is 0 Å². The molecule has 0 amide bonds. The quantitative estimate of drug-likeness (QED) is 0.197. The van der Waals surface area contributed by atoms with Crippen molar-refractivity contribution in [1.82, 2.24) is 15.0 Å². The van der Waals surface area contributed by atoms with Crippen molar-refractivity contribution in [2.75, 3.05) is 0 Å². The van der Waals surface area contributed by atoms with E-state index in [-0.39, 0.29) is 0 Å². The fraction of sp³-hybridized carbons (Fsp3) is 0. The second-order valence-electron chi connectivity index (χ2n) is 10.9. The first-order valence-electron chi connectivity index (χ1n) is 14.9. The number of oxazole rings is 1. The molecule has 0 radical (unpaired) electrons. The fourth-order valence-corrected chi connectivity index (χ4v) is 5.57. The summed E-state index contributed by atoms with van der Waals surface area (Å²) >= 11 is 0. The van der Waals surface area contributed by atoms with Gasteiger partial charge in [-0.05, 0) is 52.6 Å². The second kappa shape index (κ2) is 11.5. The minimum absolute atomic E-state index is 0.624. The topological polar surface area (TPSA) is 51.8 Å². The van der Waals surface area contributed by atoms with Crippen LogP contribution in [0.3, 0.4) is 0 Å². The van der Waals surface area contributed by atoms with Gasteiger partial charge < -0.3 is 4.42 Å². The largest absolute Gasteiger partial charge is 0.436 e. The molecule has 212 valence electrons. The number of hydrogen-bond acceptors (Lipinski definition) is 4. The Morgan fingerprint density at radius 3 is 1.40 bits per heavy atom. The molecule has 6 aromatic carbocycles. The van der Waals surface area contributed by atoms with Crippen molar-refractivity contribution in [3.05, 3.63) is 164 Å². The van der Waals surface area contributed by atoms with E-state index in [9.17, 15) is 0 Å². The van der Waals surface area contributed by atoms with E-state index in [1.165, 1.54) is 11.1 Å². The van der Waals surface area contributed by atoms with Crippen LogP contribution in [0, 0.1) is 0 Å². The molecular weight excluding hydrogens is 550 g/mol. The average Bonchev–Trinajstić information content (AvgIpc) is 3.57. The maximum Gasteiger partial charge on any atom is 0.227 e. The van der Waals surface area contributed by atoms with E-state index in [4.69, 9.17) is 19.4 Å². The van der Waals surface area contributed by atoms with Crippen LogP contribution in [0.4, 0.5) is 0 Å². The molecule has 8 aromatic rings. The predicted octanol–water partition coefficient (Wildman–Crippen LogP) is 10.6. The van der Waals surface area contributed by atoms with Gasteiger partial charge in [-0.2, -0.15) is 0 Å². The second-order valence-corrected chi connectivity index (χ2v) is 10.9. The smallest absolute Gasteiger partial charge is 0.227 e.